The van der Waals surface area contributed by atoms with Crippen LogP contribution in [0.3, 0.4) is 0 Å². The second-order valence-corrected chi connectivity index (χ2v) is 10.7. The van der Waals surface area contributed by atoms with Crippen LogP contribution >= 0.6 is 15.8 Å². The van der Waals surface area contributed by atoms with Crippen molar-refractivity contribution < 1.29 is 0 Å². The van der Waals surface area contributed by atoms with Crippen molar-refractivity contribution in [3.8, 4) is 0 Å². The molecule has 120 valence electrons. The van der Waals surface area contributed by atoms with E-state index in [0.29, 0.717) is 16.4 Å². The lowest BCUT2D eigenvalue weighted by atomic mass is 9.37. The Hall–Kier alpha value is 0.0249. The monoisotopic (exact) mass is 360 g/mol. The van der Waals surface area contributed by atoms with Crippen molar-refractivity contribution in [3.63, 3.8) is 0 Å². The molecule has 6 unspecified atom stereocenters. The minimum absolute atomic E-state index is 0.500. The lowest BCUT2D eigenvalue weighted by Crippen LogP contribution is -2.54. The van der Waals surface area contributed by atoms with Gasteiger partial charge in [0.05, 0.1) is 0 Å². The van der Waals surface area contributed by atoms with E-state index in [2.05, 4.69) is 69.5 Å². The number of hydrogen-bond donors (Lipinski definition) is 0. The molecule has 0 aromatic carbocycles. The van der Waals surface area contributed by atoms with Crippen LogP contribution in [0.1, 0.15) is 54.4 Å². The Balaban J connectivity index is 1.63. The summed E-state index contributed by atoms with van der Waals surface area (Å²) in [5, 5.41) is 0. The first-order valence-electron chi connectivity index (χ1n) is 9.23. The second kappa shape index (κ2) is 4.55. The van der Waals surface area contributed by atoms with Gasteiger partial charge in [-0.3, -0.25) is 0 Å². The van der Waals surface area contributed by atoms with E-state index in [1.54, 1.807) is 10.9 Å². The van der Waals surface area contributed by atoms with E-state index in [1.807, 2.05) is 0 Å². The van der Waals surface area contributed by atoms with Gasteiger partial charge >= 0.3 is 0 Å². The van der Waals surface area contributed by atoms with Crippen LogP contribution in [0.2, 0.25) is 0 Å². The maximum atomic E-state index is 4.12. The largest absolute Gasteiger partial charge is 0.279 e. The van der Waals surface area contributed by atoms with Crippen molar-refractivity contribution in [2.45, 2.75) is 54.4 Å². The van der Waals surface area contributed by atoms with Gasteiger partial charge in [-0.05, 0) is 59.2 Å². The molecule has 22 heavy (non-hydrogen) atoms. The van der Waals surface area contributed by atoms with Crippen LogP contribution in [0, 0.1) is 46.3 Å². The van der Waals surface area contributed by atoms with Crippen molar-refractivity contribution in [3.05, 3.63) is 23.1 Å². The molecule has 6 rings (SSSR count). The van der Waals surface area contributed by atoms with E-state index < -0.39 is 0 Å². The van der Waals surface area contributed by atoms with Crippen molar-refractivity contribution in [1.29, 1.82) is 0 Å². The van der Waals surface area contributed by atoms with Crippen LogP contribution in [0.4, 0.5) is 0 Å². The van der Waals surface area contributed by atoms with Crippen LogP contribution < -0.4 is 0 Å². The summed E-state index contributed by atoms with van der Waals surface area (Å²) in [4.78, 5) is 0. The summed E-state index contributed by atoms with van der Waals surface area (Å²) in [6, 6.07) is 0. The van der Waals surface area contributed by atoms with Crippen LogP contribution in [0.15, 0.2) is 23.1 Å². The molecule has 0 spiro atoms. The predicted octanol–water partition coefficient (Wildman–Crippen LogP) is 5.93. The molecule has 6 atom stereocenters. The summed E-state index contributed by atoms with van der Waals surface area (Å²) < 4.78 is 0. The van der Waals surface area contributed by atoms with Gasteiger partial charge in [0.1, 0.15) is 0 Å². The molecule has 4 bridgehead atoms. The van der Waals surface area contributed by atoms with E-state index in [0.717, 1.165) is 35.5 Å². The molecule has 0 aromatic heterocycles. The highest BCUT2D eigenvalue weighted by molar-refractivity contribution is 9.25. The zero-order chi connectivity index (χ0) is 16.0. The Morgan fingerprint density at radius 3 is 1.50 bits per heavy atom. The van der Waals surface area contributed by atoms with Gasteiger partial charge in [0.2, 0.25) is 0 Å². The molecule has 0 saturated heterocycles. The molecule has 0 aromatic rings. The molecule has 0 aliphatic heterocycles. The molecular formula is C20H30BBr. The Kier molecular flexibility index (Phi) is 3.22. The van der Waals surface area contributed by atoms with Gasteiger partial charge in [0, 0.05) is 0 Å². The first-order valence-corrected chi connectivity index (χ1v) is 10.1. The lowest BCUT2D eigenvalue weighted by molar-refractivity contribution is -0.0302. The molecule has 0 radical (unpaired) electrons. The summed E-state index contributed by atoms with van der Waals surface area (Å²) in [5.74, 6) is 4.89. The normalized spacial score (nSPS) is 46.9. The van der Waals surface area contributed by atoms with Crippen molar-refractivity contribution in [2.75, 3.05) is 0 Å². The number of allylic oxidation sites excluding steroid dienone is 4. The number of rotatable bonds is 2. The highest BCUT2D eigenvalue weighted by Crippen LogP contribution is 2.64. The van der Waals surface area contributed by atoms with Gasteiger partial charge in [0.25, 0.3) is 5.54 Å². The summed E-state index contributed by atoms with van der Waals surface area (Å²) in [6.07, 6.45) is 8.13. The highest BCUT2D eigenvalue weighted by atomic mass is 79.9. The first kappa shape index (κ1) is 15.5. The number of fused-ring (bicyclic) bond motifs is 2. The van der Waals surface area contributed by atoms with E-state index in [-0.39, 0.29) is 0 Å². The Morgan fingerprint density at radius 2 is 1.23 bits per heavy atom. The van der Waals surface area contributed by atoms with Crippen molar-refractivity contribution in [1.82, 2.24) is 0 Å². The van der Waals surface area contributed by atoms with Crippen molar-refractivity contribution in [2.24, 2.45) is 46.3 Å². The van der Waals surface area contributed by atoms with Crippen molar-refractivity contribution >= 4 is 21.3 Å². The van der Waals surface area contributed by atoms with Gasteiger partial charge in [-0.1, -0.05) is 64.6 Å². The number of hydrogen-bond acceptors (Lipinski definition) is 0. The number of halogens is 1. The molecule has 2 fully saturated rings. The average molecular weight is 361 g/mol. The van der Waals surface area contributed by atoms with Gasteiger partial charge in [0.15, 0.2) is 0 Å². The van der Waals surface area contributed by atoms with Gasteiger partial charge in [-0.25, -0.2) is 0 Å². The molecule has 0 amide bonds. The first-order chi connectivity index (χ1) is 10.2. The Labute approximate surface area is 145 Å². The molecule has 0 nitrogen and oxygen atoms in total. The molecule has 2 saturated carbocycles. The average Bonchev–Trinajstić information content (AvgIpc) is 2.45. The van der Waals surface area contributed by atoms with Gasteiger partial charge in [-0.2, -0.15) is 0 Å². The van der Waals surface area contributed by atoms with Gasteiger partial charge < -0.3 is 0 Å². The maximum absolute atomic E-state index is 4.12. The zero-order valence-corrected chi connectivity index (χ0v) is 16.6. The van der Waals surface area contributed by atoms with Gasteiger partial charge in [-0.15, -0.1) is 15.8 Å². The SMILES string of the molecule is CC1C(B(Br)C2=CC3CC(C2C)C3(C)C)=CC2CC1C2(C)C. The Morgan fingerprint density at radius 1 is 0.864 bits per heavy atom. The smallest absolute Gasteiger partial charge is 0.144 e. The third kappa shape index (κ3) is 1.77. The summed E-state index contributed by atoms with van der Waals surface area (Å²) in [6.45, 7) is 14.8. The summed E-state index contributed by atoms with van der Waals surface area (Å²) in [7, 11) is 0. The fourth-order valence-corrected chi connectivity index (χ4v) is 7.45. The van der Waals surface area contributed by atoms with E-state index in [9.17, 15) is 0 Å². The van der Waals surface area contributed by atoms with E-state index >= 15 is 0 Å². The standard InChI is InChI=1S/C20H30BBr/c1-11-15-7-13(19(15,3)4)9-17(11)21(22)18-10-14-8-16(12(18)2)20(14,5)6/h9-16H,7-8H2,1-6H3. The molecule has 6 aliphatic carbocycles. The van der Waals surface area contributed by atoms with Crippen LogP contribution in [-0.2, 0) is 0 Å². The quantitative estimate of drug-likeness (QED) is 0.535. The zero-order valence-electron chi connectivity index (χ0n) is 15.0. The molecule has 6 aliphatic rings. The molecule has 0 N–H and O–H groups in total. The van der Waals surface area contributed by atoms with E-state index in [4.69, 9.17) is 0 Å². The predicted molar refractivity (Wildman–Crippen MR) is 99.9 cm³/mol. The maximum Gasteiger partial charge on any atom is 0.279 e. The van der Waals surface area contributed by atoms with Crippen LogP contribution in [0.25, 0.3) is 0 Å². The molecular weight excluding hydrogens is 331 g/mol. The third-order valence-corrected chi connectivity index (χ3v) is 9.53. The Bertz CT molecular complexity index is 520. The highest BCUT2D eigenvalue weighted by Gasteiger charge is 2.57. The summed E-state index contributed by atoms with van der Waals surface area (Å²) in [5.41, 5.74) is 4.95. The van der Waals surface area contributed by atoms with E-state index in [1.165, 1.54) is 12.8 Å². The molecule has 2 heteroatoms. The third-order valence-electron chi connectivity index (χ3n) is 8.47. The van der Waals surface area contributed by atoms with Crippen LogP contribution in [0.5, 0.6) is 0 Å². The summed E-state index contributed by atoms with van der Waals surface area (Å²) >= 11 is 4.12. The second-order valence-electron chi connectivity index (χ2n) is 9.81. The minimum Gasteiger partial charge on any atom is -0.144 e. The lowest BCUT2D eigenvalue weighted by Gasteiger charge is -2.60. The van der Waals surface area contributed by atoms with Crippen LogP contribution in [-0.4, -0.2) is 5.54 Å². The fraction of sp³-hybridized carbons (Fsp3) is 0.800. The fourth-order valence-electron chi connectivity index (χ4n) is 6.31. The minimum atomic E-state index is 0.500. The topological polar surface area (TPSA) is 0 Å². The molecule has 0 heterocycles.